The Hall–Kier alpha value is -3.04. The molecule has 0 bridgehead atoms. The number of fused-ring (bicyclic) bond motifs is 1. The maximum absolute atomic E-state index is 10.5. The molecule has 4 aromatic rings. The molecular weight excluding hydrogens is 440 g/mol. The zero-order chi connectivity index (χ0) is 23.0. The number of hydrogen-bond donors (Lipinski definition) is 4. The van der Waals surface area contributed by atoms with Gasteiger partial charge in [0.1, 0.15) is 0 Å². The van der Waals surface area contributed by atoms with Gasteiger partial charge in [-0.15, -0.1) is 0 Å². The van der Waals surface area contributed by atoms with E-state index in [1.165, 1.54) is 17.5 Å². The summed E-state index contributed by atoms with van der Waals surface area (Å²) in [4.78, 5) is 13.2. The molecule has 2 aromatic heterocycles. The van der Waals surface area contributed by atoms with Gasteiger partial charge >= 0.3 is 0 Å². The van der Waals surface area contributed by atoms with E-state index in [0.29, 0.717) is 29.9 Å². The smallest absolute Gasteiger partial charge is 0.226 e. The van der Waals surface area contributed by atoms with Crippen LogP contribution in [-0.4, -0.2) is 48.1 Å². The maximum atomic E-state index is 10.5. The molecular formula is C24H25ClN6O2. The Kier molecular flexibility index (Phi) is 5.76. The minimum absolute atomic E-state index is 0.0477. The second-order valence-electron chi connectivity index (χ2n) is 8.51. The summed E-state index contributed by atoms with van der Waals surface area (Å²) in [6.45, 7) is 0.557. The lowest BCUT2D eigenvalue weighted by atomic mass is 9.91. The number of nitrogens with zero attached hydrogens (tertiary/aromatic N) is 4. The summed E-state index contributed by atoms with van der Waals surface area (Å²) >= 11 is 6.26. The topological polar surface area (TPSA) is 122 Å². The van der Waals surface area contributed by atoms with Crippen LogP contribution in [-0.2, 0) is 0 Å². The summed E-state index contributed by atoms with van der Waals surface area (Å²) in [5.41, 5.74) is 9.26. The summed E-state index contributed by atoms with van der Waals surface area (Å²) in [7, 11) is 0. The van der Waals surface area contributed by atoms with Crippen LogP contribution in [0.3, 0.4) is 0 Å². The molecule has 0 unspecified atom stereocenters. The lowest BCUT2D eigenvalue weighted by Gasteiger charge is -2.25. The van der Waals surface area contributed by atoms with Crippen LogP contribution in [0.25, 0.3) is 11.2 Å². The quantitative estimate of drug-likeness (QED) is 0.255. The van der Waals surface area contributed by atoms with E-state index < -0.39 is 11.8 Å². The fourth-order valence-corrected chi connectivity index (χ4v) is 4.82. The second kappa shape index (κ2) is 8.72. The monoisotopic (exact) mass is 464 g/mol. The number of nitrogens with one attached hydrogen (secondary N) is 1. The van der Waals surface area contributed by atoms with Crippen LogP contribution in [0.5, 0.6) is 0 Å². The van der Waals surface area contributed by atoms with Gasteiger partial charge in [-0.2, -0.15) is 9.97 Å². The van der Waals surface area contributed by atoms with E-state index in [-0.39, 0.29) is 23.7 Å². The van der Waals surface area contributed by atoms with E-state index in [1.807, 2.05) is 36.4 Å². The van der Waals surface area contributed by atoms with Gasteiger partial charge in [0.25, 0.3) is 0 Å². The molecule has 1 saturated carbocycles. The van der Waals surface area contributed by atoms with Crippen molar-refractivity contribution in [3.05, 3.63) is 83.4 Å². The Morgan fingerprint density at radius 1 is 1.06 bits per heavy atom. The number of rotatable bonds is 6. The summed E-state index contributed by atoms with van der Waals surface area (Å²) in [5, 5.41) is 24.4. The Morgan fingerprint density at radius 3 is 2.27 bits per heavy atom. The average molecular weight is 465 g/mol. The van der Waals surface area contributed by atoms with Crippen LogP contribution < -0.4 is 11.1 Å². The van der Waals surface area contributed by atoms with Crippen molar-refractivity contribution in [2.24, 2.45) is 5.73 Å². The molecule has 1 aliphatic rings. The Morgan fingerprint density at radius 2 is 1.70 bits per heavy atom. The predicted octanol–water partition coefficient (Wildman–Crippen LogP) is 3.07. The van der Waals surface area contributed by atoms with E-state index in [1.54, 1.807) is 4.57 Å². The van der Waals surface area contributed by atoms with Gasteiger partial charge in [-0.25, -0.2) is 4.98 Å². The van der Waals surface area contributed by atoms with Gasteiger partial charge in [0.2, 0.25) is 5.28 Å². The van der Waals surface area contributed by atoms with Crippen molar-refractivity contribution in [2.75, 3.05) is 11.9 Å². The highest BCUT2D eigenvalue weighted by Gasteiger charge is 2.45. The molecule has 170 valence electrons. The number of nitrogens with two attached hydrogens (primary N) is 1. The molecule has 0 spiro atoms. The molecule has 0 radical (unpaired) electrons. The number of halogens is 1. The van der Waals surface area contributed by atoms with Gasteiger partial charge in [0.05, 0.1) is 12.4 Å². The number of imidazole rings is 1. The molecule has 33 heavy (non-hydrogen) atoms. The van der Waals surface area contributed by atoms with Gasteiger partial charge in [0.15, 0.2) is 22.8 Å². The first-order chi connectivity index (χ1) is 15.9. The van der Waals surface area contributed by atoms with Crippen LogP contribution in [0.2, 0.25) is 5.28 Å². The number of aliphatic hydroxyl groups is 2. The van der Waals surface area contributed by atoms with Crippen LogP contribution in [0, 0.1) is 0 Å². The molecule has 8 nitrogen and oxygen atoms in total. The highest BCUT2D eigenvalue weighted by atomic mass is 35.5. The molecule has 2 heterocycles. The number of hydrogen-bond acceptors (Lipinski definition) is 7. The Bertz CT molecular complexity index is 1210. The average Bonchev–Trinajstić information content (AvgIpc) is 3.33. The largest absolute Gasteiger partial charge is 0.367 e. The lowest BCUT2D eigenvalue weighted by Crippen LogP contribution is -2.34. The third-order valence-electron chi connectivity index (χ3n) is 6.23. The van der Waals surface area contributed by atoms with Crippen molar-refractivity contribution in [1.82, 2.24) is 19.5 Å². The minimum atomic E-state index is -1.94. The van der Waals surface area contributed by atoms with Crippen molar-refractivity contribution in [3.8, 4) is 0 Å². The molecule has 0 aliphatic heterocycles. The fraction of sp³-hybridized carbons (Fsp3) is 0.292. The molecule has 1 aliphatic carbocycles. The normalized spacial score (nSPS) is 19.9. The van der Waals surface area contributed by atoms with Crippen molar-refractivity contribution >= 4 is 28.6 Å². The minimum Gasteiger partial charge on any atom is -0.367 e. The Balaban J connectivity index is 1.48. The zero-order valence-corrected chi connectivity index (χ0v) is 18.6. The predicted molar refractivity (Wildman–Crippen MR) is 127 cm³/mol. The van der Waals surface area contributed by atoms with E-state index in [0.717, 1.165) is 0 Å². The van der Waals surface area contributed by atoms with Crippen LogP contribution in [0.4, 0.5) is 5.82 Å². The van der Waals surface area contributed by atoms with E-state index in [2.05, 4.69) is 44.5 Å². The van der Waals surface area contributed by atoms with Crippen molar-refractivity contribution in [3.63, 3.8) is 0 Å². The third-order valence-corrected chi connectivity index (χ3v) is 6.40. The highest BCUT2D eigenvalue weighted by molar-refractivity contribution is 6.28. The SMILES string of the molecule is N[C@H]1C[C@@H](n2cnc3c(NCC(c4ccccc4)c4ccccc4)nc(Cl)nc32)C(O)(O)C1. The van der Waals surface area contributed by atoms with E-state index in [9.17, 15) is 10.2 Å². The first kappa shape index (κ1) is 21.8. The fourth-order valence-electron chi connectivity index (χ4n) is 4.66. The molecule has 2 aromatic carbocycles. The summed E-state index contributed by atoms with van der Waals surface area (Å²) in [5.74, 6) is -1.37. The van der Waals surface area contributed by atoms with E-state index in [4.69, 9.17) is 17.3 Å². The van der Waals surface area contributed by atoms with Crippen LogP contribution >= 0.6 is 11.6 Å². The Labute approximate surface area is 196 Å². The molecule has 5 rings (SSSR count). The molecule has 0 saturated heterocycles. The van der Waals surface area contributed by atoms with Gasteiger partial charge in [-0.05, 0) is 29.1 Å². The van der Waals surface area contributed by atoms with Crippen LogP contribution in [0.15, 0.2) is 67.0 Å². The van der Waals surface area contributed by atoms with E-state index >= 15 is 0 Å². The van der Waals surface area contributed by atoms with Gasteiger partial charge in [-0.3, -0.25) is 0 Å². The van der Waals surface area contributed by atoms with Crippen molar-refractivity contribution in [1.29, 1.82) is 0 Å². The second-order valence-corrected chi connectivity index (χ2v) is 8.85. The lowest BCUT2D eigenvalue weighted by molar-refractivity contribution is -0.179. The van der Waals surface area contributed by atoms with Crippen LogP contribution in [0.1, 0.15) is 35.9 Å². The molecule has 9 heteroatoms. The van der Waals surface area contributed by atoms with Crippen molar-refractivity contribution < 1.29 is 10.2 Å². The maximum Gasteiger partial charge on any atom is 0.226 e. The van der Waals surface area contributed by atoms with Gasteiger partial charge in [-0.1, -0.05) is 60.7 Å². The standard InChI is InChI=1S/C24H25ClN6O2/c25-23-29-21(20-22(30-23)31(14-28-20)19-11-17(26)12-24(19,32)33)27-13-18(15-7-3-1-4-8-15)16-9-5-2-6-10-16/h1-10,14,17-19,32-33H,11-13,26H2,(H,27,29,30)/t17-,19+/m0/s1. The third kappa shape index (κ3) is 4.30. The molecule has 1 fully saturated rings. The highest BCUT2D eigenvalue weighted by Crippen LogP contribution is 2.39. The number of benzene rings is 2. The molecule has 0 amide bonds. The first-order valence-corrected chi connectivity index (χ1v) is 11.2. The molecule has 5 N–H and O–H groups in total. The van der Waals surface area contributed by atoms with Gasteiger partial charge in [0, 0.05) is 24.9 Å². The summed E-state index contributed by atoms with van der Waals surface area (Å²) in [6.07, 6.45) is 2.01. The summed E-state index contributed by atoms with van der Waals surface area (Å²) < 4.78 is 1.63. The molecule has 2 atom stereocenters. The van der Waals surface area contributed by atoms with Gasteiger partial charge < -0.3 is 25.8 Å². The summed E-state index contributed by atoms with van der Waals surface area (Å²) in [6, 6.07) is 19.5. The first-order valence-electron chi connectivity index (χ1n) is 10.9. The zero-order valence-electron chi connectivity index (χ0n) is 17.8. The van der Waals surface area contributed by atoms with Crippen molar-refractivity contribution in [2.45, 2.75) is 36.6 Å². The number of anilines is 1. The number of aromatic nitrogens is 4.